The highest BCUT2D eigenvalue weighted by Gasteiger charge is 2.19. The molecule has 0 aliphatic carbocycles. The molecule has 3 heteroatoms. The zero-order valence-corrected chi connectivity index (χ0v) is 10.9. The van der Waals surface area contributed by atoms with Crippen molar-refractivity contribution in [2.75, 3.05) is 6.54 Å². The molecule has 1 rings (SSSR count). The molecule has 0 amide bonds. The minimum atomic E-state index is -0.662. The molecule has 1 aromatic rings. The van der Waals surface area contributed by atoms with Crippen LogP contribution in [0.15, 0.2) is 24.3 Å². The Kier molecular flexibility index (Phi) is 4.97. The van der Waals surface area contributed by atoms with Crippen molar-refractivity contribution in [1.82, 2.24) is 5.32 Å². The maximum Gasteiger partial charge on any atom is 0.115 e. The second-order valence-electron chi connectivity index (χ2n) is 4.78. The molecule has 0 heterocycles. The molecule has 96 valence electrons. The van der Waals surface area contributed by atoms with Crippen LogP contribution in [-0.4, -0.2) is 22.4 Å². The van der Waals surface area contributed by atoms with E-state index >= 15 is 0 Å². The summed E-state index contributed by atoms with van der Waals surface area (Å²) in [5.74, 6) is 0.282. The molecule has 2 unspecified atom stereocenters. The number of rotatable bonds is 6. The van der Waals surface area contributed by atoms with Gasteiger partial charge in [-0.3, -0.25) is 0 Å². The van der Waals surface area contributed by atoms with Crippen LogP contribution < -0.4 is 5.32 Å². The SMILES string of the molecule is CCC(NCC(C)(O)CC)c1ccc(O)cc1. The van der Waals surface area contributed by atoms with Gasteiger partial charge in [-0.2, -0.15) is 0 Å². The summed E-state index contributed by atoms with van der Waals surface area (Å²) in [5.41, 5.74) is 0.474. The van der Waals surface area contributed by atoms with E-state index in [1.807, 2.05) is 26.0 Å². The van der Waals surface area contributed by atoms with Gasteiger partial charge >= 0.3 is 0 Å². The predicted octanol–water partition coefficient (Wildman–Crippen LogP) is 2.59. The Hall–Kier alpha value is -1.06. The molecule has 2 atom stereocenters. The molecule has 17 heavy (non-hydrogen) atoms. The van der Waals surface area contributed by atoms with Gasteiger partial charge in [-0.15, -0.1) is 0 Å². The van der Waals surface area contributed by atoms with Crippen LogP contribution in [0.2, 0.25) is 0 Å². The van der Waals surface area contributed by atoms with Gasteiger partial charge in [-0.1, -0.05) is 26.0 Å². The van der Waals surface area contributed by atoms with Crippen LogP contribution in [0.4, 0.5) is 0 Å². The Morgan fingerprint density at radius 2 is 1.82 bits per heavy atom. The van der Waals surface area contributed by atoms with Gasteiger partial charge in [0.2, 0.25) is 0 Å². The number of phenolic OH excluding ortho intramolecular Hbond substituents is 1. The summed E-state index contributed by atoms with van der Waals surface area (Å²) in [6.07, 6.45) is 1.68. The predicted molar refractivity (Wildman–Crippen MR) is 70.1 cm³/mol. The monoisotopic (exact) mass is 237 g/mol. The zero-order chi connectivity index (χ0) is 12.9. The molecule has 0 fully saturated rings. The first-order valence-corrected chi connectivity index (χ1v) is 6.23. The maximum absolute atomic E-state index is 9.96. The molecule has 0 radical (unpaired) electrons. The van der Waals surface area contributed by atoms with Gasteiger partial charge in [0.15, 0.2) is 0 Å². The van der Waals surface area contributed by atoms with Crippen molar-refractivity contribution in [3.63, 3.8) is 0 Å². The maximum atomic E-state index is 9.96. The van der Waals surface area contributed by atoms with Gasteiger partial charge in [0.05, 0.1) is 5.60 Å². The number of benzene rings is 1. The first kappa shape index (κ1) is 14.0. The lowest BCUT2D eigenvalue weighted by Gasteiger charge is -2.26. The molecule has 1 aromatic carbocycles. The van der Waals surface area contributed by atoms with E-state index in [1.165, 1.54) is 0 Å². The Labute approximate surface area is 103 Å². The van der Waals surface area contributed by atoms with Gasteiger partial charge in [-0.25, -0.2) is 0 Å². The van der Waals surface area contributed by atoms with Crippen LogP contribution in [0, 0.1) is 0 Å². The van der Waals surface area contributed by atoms with E-state index in [-0.39, 0.29) is 11.8 Å². The molecule has 3 N–H and O–H groups in total. The van der Waals surface area contributed by atoms with E-state index in [4.69, 9.17) is 0 Å². The van der Waals surface area contributed by atoms with Crippen molar-refractivity contribution in [3.8, 4) is 5.75 Å². The van der Waals surface area contributed by atoms with Crippen LogP contribution in [-0.2, 0) is 0 Å². The summed E-state index contributed by atoms with van der Waals surface area (Å²) in [4.78, 5) is 0. The molecule has 3 nitrogen and oxygen atoms in total. The highest BCUT2D eigenvalue weighted by Crippen LogP contribution is 2.20. The van der Waals surface area contributed by atoms with Crippen LogP contribution in [0.5, 0.6) is 5.75 Å². The van der Waals surface area contributed by atoms with Crippen molar-refractivity contribution in [3.05, 3.63) is 29.8 Å². The van der Waals surface area contributed by atoms with E-state index in [1.54, 1.807) is 12.1 Å². The van der Waals surface area contributed by atoms with Crippen molar-refractivity contribution >= 4 is 0 Å². The third kappa shape index (κ3) is 4.36. The smallest absolute Gasteiger partial charge is 0.115 e. The van der Waals surface area contributed by atoms with E-state index in [0.717, 1.165) is 18.4 Å². The van der Waals surface area contributed by atoms with E-state index in [9.17, 15) is 10.2 Å². The fourth-order valence-corrected chi connectivity index (χ4v) is 1.67. The van der Waals surface area contributed by atoms with Gasteiger partial charge < -0.3 is 15.5 Å². The molecule has 0 saturated heterocycles. The highest BCUT2D eigenvalue weighted by atomic mass is 16.3. The lowest BCUT2D eigenvalue weighted by molar-refractivity contribution is 0.0526. The van der Waals surface area contributed by atoms with Crippen molar-refractivity contribution in [1.29, 1.82) is 0 Å². The third-order valence-corrected chi connectivity index (χ3v) is 3.19. The average Bonchev–Trinajstić information content (AvgIpc) is 2.32. The van der Waals surface area contributed by atoms with E-state index < -0.39 is 5.60 Å². The summed E-state index contributed by atoms with van der Waals surface area (Å²) < 4.78 is 0. The third-order valence-electron chi connectivity index (χ3n) is 3.19. The number of nitrogens with one attached hydrogen (secondary N) is 1. The number of aliphatic hydroxyl groups is 1. The van der Waals surface area contributed by atoms with Gasteiger partial charge in [0, 0.05) is 12.6 Å². The molecule has 0 saturated carbocycles. The zero-order valence-electron chi connectivity index (χ0n) is 10.9. The summed E-state index contributed by atoms with van der Waals surface area (Å²) in [6.45, 7) is 6.49. The van der Waals surface area contributed by atoms with Crippen molar-refractivity contribution in [2.45, 2.75) is 45.3 Å². The summed E-state index contributed by atoms with van der Waals surface area (Å²) >= 11 is 0. The van der Waals surface area contributed by atoms with Gasteiger partial charge in [0.1, 0.15) is 5.75 Å². The van der Waals surface area contributed by atoms with Crippen LogP contribution in [0.25, 0.3) is 0 Å². The minimum Gasteiger partial charge on any atom is -0.508 e. The fourth-order valence-electron chi connectivity index (χ4n) is 1.67. The van der Waals surface area contributed by atoms with Crippen molar-refractivity contribution < 1.29 is 10.2 Å². The average molecular weight is 237 g/mol. The number of phenols is 1. The fraction of sp³-hybridized carbons (Fsp3) is 0.571. The first-order chi connectivity index (χ1) is 7.98. The van der Waals surface area contributed by atoms with Gasteiger partial charge in [0.25, 0.3) is 0 Å². The summed E-state index contributed by atoms with van der Waals surface area (Å²) in [7, 11) is 0. The standard InChI is InChI=1S/C14H23NO2/c1-4-13(15-10-14(3,17)5-2)11-6-8-12(16)9-7-11/h6-9,13,15-17H,4-5,10H2,1-3H3. The van der Waals surface area contributed by atoms with Crippen LogP contribution in [0.3, 0.4) is 0 Å². The summed E-state index contributed by atoms with van der Waals surface area (Å²) in [5, 5.41) is 22.6. The number of hydrogen-bond donors (Lipinski definition) is 3. The first-order valence-electron chi connectivity index (χ1n) is 6.23. The second kappa shape index (κ2) is 6.03. The molecule has 0 aliphatic rings. The highest BCUT2D eigenvalue weighted by molar-refractivity contribution is 5.28. The number of aromatic hydroxyl groups is 1. The molecule has 0 bridgehead atoms. The topological polar surface area (TPSA) is 52.5 Å². The van der Waals surface area contributed by atoms with Crippen LogP contribution in [0.1, 0.15) is 45.2 Å². The minimum absolute atomic E-state index is 0.216. The van der Waals surface area contributed by atoms with E-state index in [2.05, 4.69) is 12.2 Å². The lowest BCUT2D eigenvalue weighted by Crippen LogP contribution is -2.38. The Balaban J connectivity index is 2.63. The largest absolute Gasteiger partial charge is 0.508 e. The Morgan fingerprint density at radius 1 is 1.24 bits per heavy atom. The Morgan fingerprint density at radius 3 is 2.29 bits per heavy atom. The molecule has 0 aromatic heterocycles. The normalized spacial score (nSPS) is 16.5. The number of hydrogen-bond acceptors (Lipinski definition) is 3. The quantitative estimate of drug-likeness (QED) is 0.713. The molecule has 0 aliphatic heterocycles. The van der Waals surface area contributed by atoms with E-state index in [0.29, 0.717) is 6.54 Å². The molecular formula is C14H23NO2. The van der Waals surface area contributed by atoms with Crippen LogP contribution >= 0.6 is 0 Å². The second-order valence-corrected chi connectivity index (χ2v) is 4.78. The molecular weight excluding hydrogens is 214 g/mol. The van der Waals surface area contributed by atoms with Gasteiger partial charge in [-0.05, 0) is 37.5 Å². The molecule has 0 spiro atoms. The Bertz CT molecular complexity index is 333. The lowest BCUT2D eigenvalue weighted by atomic mass is 10.0. The van der Waals surface area contributed by atoms with Crippen molar-refractivity contribution in [2.24, 2.45) is 0 Å². The summed E-state index contributed by atoms with van der Waals surface area (Å²) in [6, 6.07) is 7.43.